The molecule has 0 aromatic heterocycles. The Hall–Kier alpha value is -2.26. The summed E-state index contributed by atoms with van der Waals surface area (Å²) in [7, 11) is -4.00. The lowest BCUT2D eigenvalue weighted by Crippen LogP contribution is -2.29. The number of benzene rings is 2. The standard InChI is InChI=1S/C17H26O4.C6H6O3S/c1-3-8-15(18)13(2)16(19)11-7-12-21-17(20)14-9-5-4-6-10-14;7-10(8,9)6-4-2-1-3-5-6/h4-6,9-10,13,15-16,18-19H,3,7-8,11-12H2,1-2H3;1-5H,(H,7,8,9). The Labute approximate surface area is 184 Å². The number of hydrogen-bond donors (Lipinski definition) is 3. The van der Waals surface area contributed by atoms with Crippen molar-refractivity contribution in [2.45, 2.75) is 56.6 Å². The van der Waals surface area contributed by atoms with Crippen LogP contribution in [0.4, 0.5) is 0 Å². The van der Waals surface area contributed by atoms with Gasteiger partial charge in [0.1, 0.15) is 0 Å². The van der Waals surface area contributed by atoms with E-state index < -0.39 is 22.3 Å². The summed E-state index contributed by atoms with van der Waals surface area (Å²) in [4.78, 5) is 11.6. The maximum absolute atomic E-state index is 11.7. The maximum Gasteiger partial charge on any atom is 0.338 e. The predicted octanol–water partition coefficient (Wildman–Crippen LogP) is 3.71. The van der Waals surface area contributed by atoms with Crippen LogP contribution in [-0.2, 0) is 14.9 Å². The lowest BCUT2D eigenvalue weighted by atomic mass is 9.92. The van der Waals surface area contributed by atoms with Crippen molar-refractivity contribution in [3.63, 3.8) is 0 Å². The second kappa shape index (κ2) is 13.9. The van der Waals surface area contributed by atoms with Gasteiger partial charge in [0.05, 0.1) is 29.3 Å². The van der Waals surface area contributed by atoms with Crippen molar-refractivity contribution in [2.24, 2.45) is 5.92 Å². The number of ether oxygens (including phenoxy) is 1. The van der Waals surface area contributed by atoms with Crippen molar-refractivity contribution in [2.75, 3.05) is 6.61 Å². The summed E-state index contributed by atoms with van der Waals surface area (Å²) >= 11 is 0. The number of hydrogen-bond acceptors (Lipinski definition) is 6. The number of esters is 1. The Bertz CT molecular complexity index is 854. The number of carbonyl (C=O) groups excluding carboxylic acids is 1. The minimum Gasteiger partial charge on any atom is -0.462 e. The van der Waals surface area contributed by atoms with E-state index in [2.05, 4.69) is 0 Å². The summed E-state index contributed by atoms with van der Waals surface area (Å²) in [6.45, 7) is 4.13. The largest absolute Gasteiger partial charge is 0.462 e. The molecule has 0 amide bonds. The van der Waals surface area contributed by atoms with E-state index in [0.29, 0.717) is 24.8 Å². The highest BCUT2D eigenvalue weighted by Gasteiger charge is 2.21. The quantitative estimate of drug-likeness (QED) is 0.285. The first-order valence-electron chi connectivity index (χ1n) is 10.3. The molecule has 0 radical (unpaired) electrons. The third-order valence-electron chi connectivity index (χ3n) is 4.73. The second-order valence-electron chi connectivity index (χ2n) is 7.21. The minimum absolute atomic E-state index is 0.0741. The lowest BCUT2D eigenvalue weighted by Gasteiger charge is -2.23. The molecule has 3 unspecified atom stereocenters. The average Bonchev–Trinajstić information content (AvgIpc) is 2.77. The van der Waals surface area contributed by atoms with Crippen LogP contribution in [0.1, 0.15) is 49.9 Å². The Morgan fingerprint density at radius 2 is 1.45 bits per heavy atom. The van der Waals surface area contributed by atoms with E-state index in [4.69, 9.17) is 9.29 Å². The molecule has 2 aromatic rings. The summed E-state index contributed by atoms with van der Waals surface area (Å²) in [6.07, 6.45) is 1.65. The van der Waals surface area contributed by atoms with Gasteiger partial charge in [-0.25, -0.2) is 4.79 Å². The van der Waals surface area contributed by atoms with Gasteiger partial charge >= 0.3 is 5.97 Å². The van der Waals surface area contributed by atoms with E-state index in [1.54, 1.807) is 42.5 Å². The fourth-order valence-corrected chi connectivity index (χ4v) is 3.29. The zero-order valence-corrected chi connectivity index (χ0v) is 18.7. The van der Waals surface area contributed by atoms with Crippen LogP contribution >= 0.6 is 0 Å². The van der Waals surface area contributed by atoms with E-state index in [1.807, 2.05) is 19.9 Å². The molecule has 0 heterocycles. The molecule has 0 aliphatic carbocycles. The van der Waals surface area contributed by atoms with Gasteiger partial charge in [0.15, 0.2) is 0 Å². The number of rotatable bonds is 10. The summed E-state index contributed by atoms with van der Waals surface area (Å²) < 4.78 is 34.4. The third-order valence-corrected chi connectivity index (χ3v) is 5.59. The first-order chi connectivity index (χ1) is 14.7. The first-order valence-corrected chi connectivity index (χ1v) is 11.7. The van der Waals surface area contributed by atoms with E-state index in [0.717, 1.165) is 6.42 Å². The molecule has 0 saturated carbocycles. The predicted molar refractivity (Wildman–Crippen MR) is 118 cm³/mol. The third kappa shape index (κ3) is 10.5. The second-order valence-corrected chi connectivity index (χ2v) is 8.64. The van der Waals surface area contributed by atoms with Crippen molar-refractivity contribution in [1.82, 2.24) is 0 Å². The van der Waals surface area contributed by atoms with Gasteiger partial charge in [0, 0.05) is 5.92 Å². The zero-order valence-electron chi connectivity index (χ0n) is 17.9. The first kappa shape index (κ1) is 26.8. The van der Waals surface area contributed by atoms with Gasteiger partial charge in [-0.15, -0.1) is 0 Å². The molecule has 0 aliphatic rings. The van der Waals surface area contributed by atoms with E-state index in [1.165, 1.54) is 12.1 Å². The molecule has 3 atom stereocenters. The van der Waals surface area contributed by atoms with Crippen LogP contribution in [0.2, 0.25) is 0 Å². The van der Waals surface area contributed by atoms with Gasteiger partial charge in [-0.05, 0) is 43.5 Å². The van der Waals surface area contributed by atoms with Crippen LogP contribution in [0.5, 0.6) is 0 Å². The van der Waals surface area contributed by atoms with E-state index in [-0.39, 0.29) is 23.4 Å². The number of aliphatic hydroxyl groups excluding tert-OH is 2. The molecule has 3 N–H and O–H groups in total. The highest BCUT2D eigenvalue weighted by Crippen LogP contribution is 2.17. The fourth-order valence-electron chi connectivity index (χ4n) is 2.79. The SMILES string of the molecule is CCCC(O)C(C)C(O)CCCOC(=O)c1ccccc1.O=S(=O)(O)c1ccccc1. The molecule has 2 aromatic carbocycles. The number of carbonyl (C=O) groups is 1. The van der Waals surface area contributed by atoms with E-state index >= 15 is 0 Å². The molecule has 31 heavy (non-hydrogen) atoms. The summed E-state index contributed by atoms with van der Waals surface area (Å²) in [5.41, 5.74) is 0.532. The Morgan fingerprint density at radius 3 is 1.94 bits per heavy atom. The Kier molecular flexibility index (Phi) is 12.0. The Balaban J connectivity index is 0.000000399. The topological polar surface area (TPSA) is 121 Å². The van der Waals surface area contributed by atoms with Crippen LogP contribution in [0, 0.1) is 5.92 Å². The molecule has 0 spiro atoms. The van der Waals surface area contributed by atoms with Gasteiger partial charge in [-0.1, -0.05) is 56.7 Å². The molecule has 8 heteroatoms. The monoisotopic (exact) mass is 452 g/mol. The van der Waals surface area contributed by atoms with Crippen LogP contribution in [-0.4, -0.2) is 48.0 Å². The average molecular weight is 453 g/mol. The normalized spacial score (nSPS) is 14.0. The highest BCUT2D eigenvalue weighted by atomic mass is 32.2. The molecule has 172 valence electrons. The molecule has 0 bridgehead atoms. The van der Waals surface area contributed by atoms with Crippen molar-refractivity contribution in [1.29, 1.82) is 0 Å². The molecule has 2 rings (SSSR count). The van der Waals surface area contributed by atoms with Crippen molar-refractivity contribution >= 4 is 16.1 Å². The minimum atomic E-state index is -4.00. The van der Waals surface area contributed by atoms with Crippen molar-refractivity contribution < 1.29 is 32.7 Å². The highest BCUT2D eigenvalue weighted by molar-refractivity contribution is 7.85. The summed E-state index contributed by atoms with van der Waals surface area (Å²) in [6, 6.07) is 16.3. The van der Waals surface area contributed by atoms with Crippen LogP contribution in [0.3, 0.4) is 0 Å². The molecule has 0 aliphatic heterocycles. The molecule has 0 saturated heterocycles. The van der Waals surface area contributed by atoms with E-state index in [9.17, 15) is 23.4 Å². The van der Waals surface area contributed by atoms with Gasteiger partial charge in [0.2, 0.25) is 0 Å². The lowest BCUT2D eigenvalue weighted by molar-refractivity contribution is 0.00809. The summed E-state index contributed by atoms with van der Waals surface area (Å²) in [5, 5.41) is 19.8. The summed E-state index contributed by atoms with van der Waals surface area (Å²) in [5.74, 6) is -0.501. The molecular formula is C23H32O7S. The molecule has 7 nitrogen and oxygen atoms in total. The van der Waals surface area contributed by atoms with Crippen molar-refractivity contribution in [3.8, 4) is 0 Å². The van der Waals surface area contributed by atoms with Gasteiger partial charge in [-0.2, -0.15) is 8.42 Å². The Morgan fingerprint density at radius 1 is 0.935 bits per heavy atom. The number of aliphatic hydroxyl groups is 2. The van der Waals surface area contributed by atoms with Crippen LogP contribution < -0.4 is 0 Å². The van der Waals surface area contributed by atoms with Gasteiger partial charge in [0.25, 0.3) is 10.1 Å². The fraction of sp³-hybridized carbons (Fsp3) is 0.435. The molecule has 0 fully saturated rings. The van der Waals surface area contributed by atoms with Crippen molar-refractivity contribution in [3.05, 3.63) is 66.2 Å². The van der Waals surface area contributed by atoms with Crippen LogP contribution in [0.15, 0.2) is 65.6 Å². The van der Waals surface area contributed by atoms with Crippen LogP contribution in [0.25, 0.3) is 0 Å². The van der Waals surface area contributed by atoms with Gasteiger partial charge < -0.3 is 14.9 Å². The maximum atomic E-state index is 11.7. The zero-order chi connectivity index (χ0) is 23.3. The smallest absolute Gasteiger partial charge is 0.338 e. The van der Waals surface area contributed by atoms with Gasteiger partial charge in [-0.3, -0.25) is 4.55 Å². The molecular weight excluding hydrogens is 420 g/mol.